The van der Waals surface area contributed by atoms with Gasteiger partial charge in [-0.05, 0) is 16.7 Å². The van der Waals surface area contributed by atoms with Crippen LogP contribution < -0.4 is 5.32 Å². The van der Waals surface area contributed by atoms with E-state index < -0.39 is 0 Å². The Morgan fingerprint density at radius 3 is 2.44 bits per heavy atom. The molecule has 0 bridgehead atoms. The summed E-state index contributed by atoms with van der Waals surface area (Å²) in [6.45, 7) is 0.923. The van der Waals surface area contributed by atoms with Gasteiger partial charge in [0.1, 0.15) is 0 Å². The summed E-state index contributed by atoms with van der Waals surface area (Å²) in [7, 11) is 0. The van der Waals surface area contributed by atoms with Crippen molar-refractivity contribution in [3.8, 4) is 0 Å². The highest BCUT2D eigenvalue weighted by atomic mass is 14.8. The van der Waals surface area contributed by atoms with Crippen molar-refractivity contribution in [2.24, 2.45) is 0 Å². The summed E-state index contributed by atoms with van der Waals surface area (Å²) in [5, 5.41) is 3.33. The maximum atomic E-state index is 3.33. The molecular formula is C15H13N. The molecule has 1 aliphatic heterocycles. The molecule has 0 amide bonds. The van der Waals surface area contributed by atoms with Gasteiger partial charge in [-0.2, -0.15) is 0 Å². The van der Waals surface area contributed by atoms with Crippen molar-refractivity contribution in [2.45, 2.75) is 6.54 Å². The average Bonchev–Trinajstić information content (AvgIpc) is 2.39. The maximum Gasteiger partial charge on any atom is 0.0401 e. The second kappa shape index (κ2) is 3.86. The highest BCUT2D eigenvalue weighted by molar-refractivity contribution is 5.82. The number of benzene rings is 2. The molecule has 3 rings (SSSR count). The minimum absolute atomic E-state index is 0.923. The monoisotopic (exact) mass is 207 g/mol. The topological polar surface area (TPSA) is 12.0 Å². The molecule has 1 nitrogen and oxygen atoms in total. The lowest BCUT2D eigenvalue weighted by Gasteiger charge is -2.19. The Balaban J connectivity index is 2.13. The van der Waals surface area contributed by atoms with E-state index in [9.17, 15) is 0 Å². The molecule has 0 saturated heterocycles. The molecule has 1 aliphatic rings. The minimum Gasteiger partial charge on any atom is -0.386 e. The van der Waals surface area contributed by atoms with E-state index in [4.69, 9.17) is 0 Å². The molecular weight excluding hydrogens is 194 g/mol. The predicted octanol–water partition coefficient (Wildman–Crippen LogP) is 3.18. The van der Waals surface area contributed by atoms with Crippen LogP contribution in [-0.2, 0) is 6.54 Å². The normalized spacial score (nSPS) is 13.6. The molecule has 2 aromatic carbocycles. The van der Waals surface area contributed by atoms with Gasteiger partial charge in [-0.15, -0.1) is 0 Å². The molecule has 0 radical (unpaired) electrons. The van der Waals surface area contributed by atoms with Gasteiger partial charge in [0.15, 0.2) is 0 Å². The van der Waals surface area contributed by atoms with E-state index in [1.54, 1.807) is 0 Å². The van der Waals surface area contributed by atoms with Crippen LogP contribution in [0.15, 0.2) is 60.8 Å². The lowest BCUT2D eigenvalue weighted by molar-refractivity contribution is 0.853. The van der Waals surface area contributed by atoms with E-state index >= 15 is 0 Å². The van der Waals surface area contributed by atoms with Gasteiger partial charge in [0, 0.05) is 18.3 Å². The van der Waals surface area contributed by atoms with Crippen molar-refractivity contribution < 1.29 is 0 Å². The highest BCUT2D eigenvalue weighted by Crippen LogP contribution is 2.28. The Bertz CT molecular complexity index is 526. The third-order valence-corrected chi connectivity index (χ3v) is 2.93. The molecule has 1 heteroatoms. The van der Waals surface area contributed by atoms with Crippen LogP contribution in [0.5, 0.6) is 0 Å². The van der Waals surface area contributed by atoms with Crippen LogP contribution in [0.2, 0.25) is 0 Å². The fourth-order valence-electron chi connectivity index (χ4n) is 2.13. The van der Waals surface area contributed by atoms with Crippen molar-refractivity contribution in [1.82, 2.24) is 5.32 Å². The number of nitrogens with one attached hydrogen (secondary N) is 1. The van der Waals surface area contributed by atoms with Crippen LogP contribution in [0.3, 0.4) is 0 Å². The Kier molecular flexibility index (Phi) is 2.22. The van der Waals surface area contributed by atoms with Crippen molar-refractivity contribution in [1.29, 1.82) is 0 Å². The molecule has 0 fully saturated rings. The van der Waals surface area contributed by atoms with E-state index in [1.807, 2.05) is 6.07 Å². The molecule has 0 spiro atoms. The van der Waals surface area contributed by atoms with Gasteiger partial charge in [-0.1, -0.05) is 54.6 Å². The summed E-state index contributed by atoms with van der Waals surface area (Å²) >= 11 is 0. The van der Waals surface area contributed by atoms with Gasteiger partial charge in [0.05, 0.1) is 0 Å². The highest BCUT2D eigenvalue weighted by Gasteiger charge is 2.12. The molecule has 78 valence electrons. The zero-order chi connectivity index (χ0) is 10.8. The fourth-order valence-corrected chi connectivity index (χ4v) is 2.13. The largest absolute Gasteiger partial charge is 0.386 e. The molecule has 16 heavy (non-hydrogen) atoms. The van der Waals surface area contributed by atoms with E-state index in [-0.39, 0.29) is 0 Å². The Labute approximate surface area is 95.4 Å². The Morgan fingerprint density at radius 2 is 1.56 bits per heavy atom. The molecule has 0 aromatic heterocycles. The van der Waals surface area contributed by atoms with Crippen LogP contribution in [-0.4, -0.2) is 0 Å². The summed E-state index contributed by atoms with van der Waals surface area (Å²) in [5.41, 5.74) is 5.25. The first-order chi connectivity index (χ1) is 7.95. The number of hydrogen-bond donors (Lipinski definition) is 1. The van der Waals surface area contributed by atoms with Gasteiger partial charge in [0.25, 0.3) is 0 Å². The molecule has 0 aliphatic carbocycles. The number of hydrogen-bond acceptors (Lipinski definition) is 1. The van der Waals surface area contributed by atoms with Crippen LogP contribution in [0.4, 0.5) is 0 Å². The first-order valence-corrected chi connectivity index (χ1v) is 5.52. The second-order valence-corrected chi connectivity index (χ2v) is 3.96. The molecule has 0 unspecified atom stereocenters. The van der Waals surface area contributed by atoms with E-state index in [0.717, 1.165) is 6.54 Å². The van der Waals surface area contributed by atoms with Gasteiger partial charge in [-0.25, -0.2) is 0 Å². The van der Waals surface area contributed by atoms with Gasteiger partial charge >= 0.3 is 0 Å². The van der Waals surface area contributed by atoms with Crippen LogP contribution >= 0.6 is 0 Å². The Hall–Kier alpha value is -2.02. The van der Waals surface area contributed by atoms with Crippen molar-refractivity contribution in [3.63, 3.8) is 0 Å². The molecule has 0 saturated carbocycles. The minimum atomic E-state index is 0.923. The average molecular weight is 207 g/mol. The summed E-state index contributed by atoms with van der Waals surface area (Å²) < 4.78 is 0. The summed E-state index contributed by atoms with van der Waals surface area (Å²) in [4.78, 5) is 0. The molecule has 1 heterocycles. The van der Waals surface area contributed by atoms with Gasteiger partial charge in [0.2, 0.25) is 0 Å². The lowest BCUT2D eigenvalue weighted by Crippen LogP contribution is -2.13. The fraction of sp³-hybridized carbons (Fsp3) is 0.0667. The van der Waals surface area contributed by atoms with Crippen molar-refractivity contribution in [2.75, 3.05) is 0 Å². The van der Waals surface area contributed by atoms with Gasteiger partial charge < -0.3 is 5.32 Å². The number of rotatable bonds is 1. The third kappa shape index (κ3) is 1.50. The Morgan fingerprint density at radius 1 is 0.812 bits per heavy atom. The first-order valence-electron chi connectivity index (χ1n) is 5.52. The van der Waals surface area contributed by atoms with Gasteiger partial charge in [-0.3, -0.25) is 0 Å². The van der Waals surface area contributed by atoms with Crippen LogP contribution in [0, 0.1) is 0 Å². The van der Waals surface area contributed by atoms with Crippen LogP contribution in [0.25, 0.3) is 5.57 Å². The van der Waals surface area contributed by atoms with E-state index in [1.165, 1.54) is 22.3 Å². The van der Waals surface area contributed by atoms with Crippen molar-refractivity contribution >= 4 is 5.57 Å². The molecule has 0 atom stereocenters. The quantitative estimate of drug-likeness (QED) is 0.757. The number of fused-ring (bicyclic) bond motifs is 1. The summed E-state index contributed by atoms with van der Waals surface area (Å²) in [6, 6.07) is 19.1. The van der Waals surface area contributed by atoms with E-state index in [2.05, 4.69) is 60.0 Å². The smallest absolute Gasteiger partial charge is 0.0401 e. The van der Waals surface area contributed by atoms with Crippen LogP contribution in [0.1, 0.15) is 16.7 Å². The second-order valence-electron chi connectivity index (χ2n) is 3.96. The molecule has 2 aromatic rings. The zero-order valence-corrected chi connectivity index (χ0v) is 8.98. The zero-order valence-electron chi connectivity index (χ0n) is 8.98. The standard InChI is InChI=1S/C15H13N/c1-2-6-12(7-3-1)15-11-16-10-13-8-4-5-9-14(13)15/h1-9,11,16H,10H2. The lowest BCUT2D eigenvalue weighted by atomic mass is 9.93. The van der Waals surface area contributed by atoms with Crippen molar-refractivity contribution in [3.05, 3.63) is 77.5 Å². The molecule has 1 N–H and O–H groups in total. The third-order valence-electron chi connectivity index (χ3n) is 2.93. The predicted molar refractivity (Wildman–Crippen MR) is 66.8 cm³/mol. The summed E-state index contributed by atoms with van der Waals surface area (Å²) in [5.74, 6) is 0. The SMILES string of the molecule is C1=C(c2ccccc2)c2ccccc2CN1. The summed E-state index contributed by atoms with van der Waals surface area (Å²) in [6.07, 6.45) is 2.11. The van der Waals surface area contributed by atoms with E-state index in [0.29, 0.717) is 0 Å². The maximum absolute atomic E-state index is 3.33. The first kappa shape index (κ1) is 9.22.